The number of hydrogen-bond acceptors (Lipinski definition) is 3. The minimum Gasteiger partial charge on any atom is -0.489 e. The minimum absolute atomic E-state index is 0.0473. The van der Waals surface area contributed by atoms with E-state index in [1.54, 1.807) is 4.90 Å². The van der Waals surface area contributed by atoms with E-state index in [4.69, 9.17) is 4.74 Å². The summed E-state index contributed by atoms with van der Waals surface area (Å²) >= 11 is 0. The second-order valence-corrected chi connectivity index (χ2v) is 9.23. The van der Waals surface area contributed by atoms with Crippen molar-refractivity contribution in [1.29, 1.82) is 0 Å². The van der Waals surface area contributed by atoms with Gasteiger partial charge in [0.1, 0.15) is 12.4 Å². The van der Waals surface area contributed by atoms with E-state index in [1.165, 1.54) is 5.56 Å². The Morgan fingerprint density at radius 1 is 0.882 bits per heavy atom. The Hall–Kier alpha value is -3.66. The maximum absolute atomic E-state index is 13.4. The molecule has 0 saturated heterocycles. The average molecular weight is 452 g/mol. The molecule has 3 aromatic carbocycles. The molecule has 1 amide bonds. The number of aryl methyl sites for hydroxylation is 2. The standard InChI is InChI=1S/C30H29NO3/c1-20-11-14-24(17-21(20)2)31-27-9-6-10-28(32)30(27)26(18-29(31)33)23-12-15-25(16-13-23)34-19-22-7-4-3-5-8-22/h3-5,7-8,11-17,26H,6,9-10,18-19H2,1-2H3. The maximum Gasteiger partial charge on any atom is 0.232 e. The fraction of sp³-hybridized carbons (Fsp3) is 0.267. The van der Waals surface area contributed by atoms with Crippen LogP contribution in [0.3, 0.4) is 0 Å². The van der Waals surface area contributed by atoms with Crippen LogP contribution in [0.25, 0.3) is 0 Å². The van der Waals surface area contributed by atoms with E-state index in [1.807, 2.05) is 66.7 Å². The van der Waals surface area contributed by atoms with E-state index in [-0.39, 0.29) is 17.6 Å². The lowest BCUT2D eigenvalue weighted by atomic mass is 9.77. The van der Waals surface area contributed by atoms with Gasteiger partial charge in [-0.3, -0.25) is 14.5 Å². The van der Waals surface area contributed by atoms with Crippen LogP contribution in [0.15, 0.2) is 84.1 Å². The quantitative estimate of drug-likeness (QED) is 0.450. The van der Waals surface area contributed by atoms with Crippen LogP contribution < -0.4 is 9.64 Å². The van der Waals surface area contributed by atoms with Gasteiger partial charge in [-0.15, -0.1) is 0 Å². The van der Waals surface area contributed by atoms with Gasteiger partial charge in [-0.05, 0) is 73.2 Å². The third kappa shape index (κ3) is 4.28. The first-order chi connectivity index (χ1) is 16.5. The van der Waals surface area contributed by atoms with Gasteiger partial charge < -0.3 is 4.74 Å². The molecule has 4 heteroatoms. The molecule has 1 aliphatic heterocycles. The van der Waals surface area contributed by atoms with Crippen molar-refractivity contribution in [3.8, 4) is 5.75 Å². The van der Waals surface area contributed by atoms with Gasteiger partial charge in [0.25, 0.3) is 0 Å². The molecule has 1 heterocycles. The Kier molecular flexibility index (Phi) is 6.06. The van der Waals surface area contributed by atoms with Crippen LogP contribution in [0, 0.1) is 13.8 Å². The van der Waals surface area contributed by atoms with Gasteiger partial charge in [-0.2, -0.15) is 0 Å². The third-order valence-electron chi connectivity index (χ3n) is 6.95. The molecule has 0 fully saturated rings. The molecular weight excluding hydrogens is 422 g/mol. The highest BCUT2D eigenvalue weighted by Crippen LogP contribution is 2.43. The van der Waals surface area contributed by atoms with Crippen molar-refractivity contribution in [3.05, 3.63) is 106 Å². The van der Waals surface area contributed by atoms with E-state index in [0.717, 1.165) is 52.2 Å². The van der Waals surface area contributed by atoms with Crippen molar-refractivity contribution < 1.29 is 14.3 Å². The number of allylic oxidation sites excluding steroid dienone is 2. The van der Waals surface area contributed by atoms with Crippen molar-refractivity contribution in [2.24, 2.45) is 0 Å². The lowest BCUT2D eigenvalue weighted by Gasteiger charge is -2.38. The number of benzene rings is 3. The van der Waals surface area contributed by atoms with E-state index in [2.05, 4.69) is 19.9 Å². The van der Waals surface area contributed by atoms with Gasteiger partial charge in [0.05, 0.1) is 0 Å². The third-order valence-corrected chi connectivity index (χ3v) is 6.95. The molecule has 172 valence electrons. The van der Waals surface area contributed by atoms with Crippen molar-refractivity contribution in [1.82, 2.24) is 0 Å². The van der Waals surface area contributed by atoms with Crippen molar-refractivity contribution >= 4 is 17.4 Å². The van der Waals surface area contributed by atoms with Gasteiger partial charge in [-0.25, -0.2) is 0 Å². The molecule has 0 aromatic heterocycles. The van der Waals surface area contributed by atoms with Gasteiger partial charge in [0.2, 0.25) is 5.91 Å². The van der Waals surface area contributed by atoms with Crippen LogP contribution >= 0.6 is 0 Å². The fourth-order valence-electron chi connectivity index (χ4n) is 4.98. The number of ether oxygens (including phenoxy) is 1. The second kappa shape index (κ2) is 9.30. The number of carbonyl (C=O) groups excluding carboxylic acids is 2. The Morgan fingerprint density at radius 3 is 2.38 bits per heavy atom. The van der Waals surface area contributed by atoms with Crippen LogP contribution in [0.1, 0.15) is 53.9 Å². The highest BCUT2D eigenvalue weighted by molar-refractivity contribution is 6.07. The predicted octanol–water partition coefficient (Wildman–Crippen LogP) is 6.41. The van der Waals surface area contributed by atoms with E-state index < -0.39 is 0 Å². The average Bonchev–Trinajstić information content (AvgIpc) is 2.85. The molecule has 2 aliphatic rings. The second-order valence-electron chi connectivity index (χ2n) is 9.23. The van der Waals surface area contributed by atoms with Gasteiger partial charge in [-0.1, -0.05) is 48.5 Å². The first kappa shape index (κ1) is 22.1. The van der Waals surface area contributed by atoms with E-state index >= 15 is 0 Å². The molecule has 0 N–H and O–H groups in total. The summed E-state index contributed by atoms with van der Waals surface area (Å²) in [5, 5.41) is 0. The highest BCUT2D eigenvalue weighted by Gasteiger charge is 2.39. The number of hydrogen-bond donors (Lipinski definition) is 0. The van der Waals surface area contributed by atoms with Crippen molar-refractivity contribution in [2.75, 3.05) is 4.90 Å². The van der Waals surface area contributed by atoms with Crippen LogP contribution in [-0.4, -0.2) is 11.7 Å². The van der Waals surface area contributed by atoms with Crippen LogP contribution in [0.5, 0.6) is 5.75 Å². The molecule has 1 unspecified atom stereocenters. The summed E-state index contributed by atoms with van der Waals surface area (Å²) in [7, 11) is 0. The maximum atomic E-state index is 13.4. The smallest absolute Gasteiger partial charge is 0.232 e. The SMILES string of the molecule is Cc1ccc(N2C(=O)CC(c3ccc(OCc4ccccc4)cc3)C3=C2CCCC3=O)cc1C. The van der Waals surface area contributed by atoms with E-state index in [9.17, 15) is 9.59 Å². The summed E-state index contributed by atoms with van der Waals surface area (Å²) in [5.74, 6) is 0.778. The zero-order valence-electron chi connectivity index (χ0n) is 19.7. The Labute approximate surface area is 200 Å². The summed E-state index contributed by atoms with van der Waals surface area (Å²) in [6.07, 6.45) is 2.37. The number of nitrogens with zero attached hydrogens (tertiary/aromatic N) is 1. The fourth-order valence-corrected chi connectivity index (χ4v) is 4.98. The summed E-state index contributed by atoms with van der Waals surface area (Å²) in [6, 6.07) is 24.0. The first-order valence-electron chi connectivity index (χ1n) is 11.9. The van der Waals surface area contributed by atoms with Crippen LogP contribution in [-0.2, 0) is 16.2 Å². The number of anilines is 1. The van der Waals surface area contributed by atoms with E-state index in [0.29, 0.717) is 19.4 Å². The summed E-state index contributed by atoms with van der Waals surface area (Å²) in [6.45, 7) is 4.62. The molecule has 3 aromatic rings. The normalized spacial score (nSPS) is 18.2. The predicted molar refractivity (Wildman–Crippen MR) is 134 cm³/mol. The minimum atomic E-state index is -0.207. The van der Waals surface area contributed by atoms with Crippen molar-refractivity contribution in [2.45, 2.75) is 52.1 Å². The molecule has 34 heavy (non-hydrogen) atoms. The number of rotatable bonds is 5. The number of ketones is 1. The molecule has 1 aliphatic carbocycles. The zero-order valence-corrected chi connectivity index (χ0v) is 19.7. The highest BCUT2D eigenvalue weighted by atomic mass is 16.5. The molecule has 0 spiro atoms. The largest absolute Gasteiger partial charge is 0.489 e. The summed E-state index contributed by atoms with van der Waals surface area (Å²) in [4.78, 5) is 28.3. The Balaban J connectivity index is 1.44. The van der Waals surface area contributed by atoms with Crippen LogP contribution in [0.2, 0.25) is 0 Å². The first-order valence-corrected chi connectivity index (χ1v) is 11.9. The molecule has 5 rings (SSSR count). The topological polar surface area (TPSA) is 46.6 Å². The molecule has 0 bridgehead atoms. The van der Waals surface area contributed by atoms with Gasteiger partial charge in [0, 0.05) is 35.7 Å². The molecule has 1 atom stereocenters. The summed E-state index contributed by atoms with van der Waals surface area (Å²) in [5.41, 5.74) is 6.98. The molecule has 4 nitrogen and oxygen atoms in total. The molecular formula is C30H29NO3. The Morgan fingerprint density at radius 2 is 1.65 bits per heavy atom. The van der Waals surface area contributed by atoms with Crippen LogP contribution in [0.4, 0.5) is 5.69 Å². The monoisotopic (exact) mass is 451 g/mol. The number of Topliss-reactive ketones (excluding diaryl/α,β-unsaturated/α-hetero) is 1. The van der Waals surface area contributed by atoms with Gasteiger partial charge in [0.15, 0.2) is 5.78 Å². The zero-order chi connectivity index (χ0) is 23.7. The molecule has 0 saturated carbocycles. The lowest BCUT2D eigenvalue weighted by molar-refractivity contribution is -0.119. The molecule has 0 radical (unpaired) electrons. The number of amides is 1. The number of carbonyl (C=O) groups is 2. The Bertz CT molecular complexity index is 1260. The van der Waals surface area contributed by atoms with Crippen molar-refractivity contribution in [3.63, 3.8) is 0 Å². The summed E-state index contributed by atoms with van der Waals surface area (Å²) < 4.78 is 5.92. The van der Waals surface area contributed by atoms with Gasteiger partial charge >= 0.3 is 0 Å². The lowest BCUT2D eigenvalue weighted by Crippen LogP contribution is -2.40.